The zero-order valence-electron chi connectivity index (χ0n) is 10.7. The van der Waals surface area contributed by atoms with Crippen molar-refractivity contribution in [3.8, 4) is 0 Å². The molecule has 1 rings (SSSR count). The van der Waals surface area contributed by atoms with Gasteiger partial charge < -0.3 is 15.7 Å². The summed E-state index contributed by atoms with van der Waals surface area (Å²) in [5, 5.41) is 14.1. The molecule has 0 saturated carbocycles. The van der Waals surface area contributed by atoms with Crippen LogP contribution in [0.2, 0.25) is 0 Å². The van der Waals surface area contributed by atoms with E-state index in [1.165, 1.54) is 17.0 Å². The number of aromatic carboxylic acids is 1. The van der Waals surface area contributed by atoms with Crippen LogP contribution in [0.3, 0.4) is 0 Å². The summed E-state index contributed by atoms with van der Waals surface area (Å²) in [4.78, 5) is 23.3. The molecule has 1 amide bonds. The van der Waals surface area contributed by atoms with E-state index in [4.69, 9.17) is 16.0 Å². The van der Waals surface area contributed by atoms with Gasteiger partial charge in [-0.25, -0.2) is 18.4 Å². The molecule has 0 spiro atoms. The van der Waals surface area contributed by atoms with E-state index in [0.717, 1.165) is 6.07 Å². The van der Waals surface area contributed by atoms with Crippen molar-refractivity contribution in [2.45, 2.75) is 11.8 Å². The van der Waals surface area contributed by atoms with Crippen molar-refractivity contribution in [2.75, 3.05) is 18.0 Å². The highest BCUT2D eigenvalue weighted by Crippen LogP contribution is 2.23. The fraction of sp³-hybridized carbons (Fsp3) is 0.273. The largest absolute Gasteiger partial charge is 0.478 e. The van der Waals surface area contributed by atoms with Gasteiger partial charge in [0.05, 0.1) is 22.7 Å². The molecule has 0 heterocycles. The van der Waals surface area contributed by atoms with Gasteiger partial charge in [0.1, 0.15) is 0 Å². The molecular weight excluding hydrogens is 286 g/mol. The normalized spacial score (nSPS) is 11.1. The summed E-state index contributed by atoms with van der Waals surface area (Å²) < 4.78 is 22.5. The lowest BCUT2D eigenvalue weighted by Gasteiger charge is -2.23. The second-order valence-electron chi connectivity index (χ2n) is 4.01. The molecule has 0 atom stereocenters. The van der Waals surface area contributed by atoms with Gasteiger partial charge in [0.2, 0.25) is 15.9 Å². The molecule has 0 aliphatic carbocycles. The summed E-state index contributed by atoms with van der Waals surface area (Å²) in [5.41, 5.74) is 5.02. The van der Waals surface area contributed by atoms with E-state index in [-0.39, 0.29) is 22.7 Å². The number of anilines is 1. The van der Waals surface area contributed by atoms with E-state index in [1.54, 1.807) is 6.92 Å². The van der Waals surface area contributed by atoms with E-state index in [9.17, 15) is 18.0 Å². The van der Waals surface area contributed by atoms with Gasteiger partial charge in [0.25, 0.3) is 0 Å². The minimum Gasteiger partial charge on any atom is -0.478 e. The third-order valence-corrected chi connectivity index (χ3v) is 3.51. The van der Waals surface area contributed by atoms with Crippen molar-refractivity contribution >= 4 is 27.6 Å². The number of primary amides is 1. The fourth-order valence-electron chi connectivity index (χ4n) is 1.69. The average molecular weight is 301 g/mol. The summed E-state index contributed by atoms with van der Waals surface area (Å²) in [5.74, 6) is -1.95. The van der Waals surface area contributed by atoms with Gasteiger partial charge in [0, 0.05) is 6.54 Å². The number of carbonyl (C=O) groups excluding carboxylic acids is 1. The third-order valence-electron chi connectivity index (χ3n) is 2.60. The Labute approximate surface area is 116 Å². The van der Waals surface area contributed by atoms with Gasteiger partial charge in [-0.2, -0.15) is 0 Å². The summed E-state index contributed by atoms with van der Waals surface area (Å²) in [6, 6.07) is 3.42. The third kappa shape index (κ3) is 3.68. The number of hydrogen-bond donors (Lipinski definition) is 3. The molecule has 0 radical (unpaired) electrons. The molecule has 110 valence electrons. The van der Waals surface area contributed by atoms with Gasteiger partial charge >= 0.3 is 5.97 Å². The lowest BCUT2D eigenvalue weighted by molar-refractivity contribution is -0.116. The number of nitrogens with two attached hydrogens (primary N) is 2. The molecule has 0 fully saturated rings. The minimum atomic E-state index is -4.00. The Morgan fingerprint density at radius 2 is 1.95 bits per heavy atom. The lowest BCUT2D eigenvalue weighted by atomic mass is 10.1. The van der Waals surface area contributed by atoms with Crippen molar-refractivity contribution in [3.63, 3.8) is 0 Å². The van der Waals surface area contributed by atoms with Crippen molar-refractivity contribution in [2.24, 2.45) is 10.9 Å². The van der Waals surface area contributed by atoms with Gasteiger partial charge in [-0.1, -0.05) is 0 Å². The van der Waals surface area contributed by atoms with E-state index in [0.29, 0.717) is 6.54 Å². The maximum atomic E-state index is 11.2. The molecular formula is C11H15N3O5S. The number of sulfonamides is 1. The minimum absolute atomic E-state index is 0.175. The predicted molar refractivity (Wildman–Crippen MR) is 71.9 cm³/mol. The van der Waals surface area contributed by atoms with Crippen LogP contribution < -0.4 is 15.8 Å². The molecule has 0 aromatic heterocycles. The van der Waals surface area contributed by atoms with E-state index in [2.05, 4.69) is 0 Å². The molecule has 1 aromatic carbocycles. The highest BCUT2D eigenvalue weighted by molar-refractivity contribution is 7.89. The predicted octanol–water partition coefficient (Wildman–Crippen LogP) is -0.656. The Morgan fingerprint density at radius 3 is 2.35 bits per heavy atom. The first-order chi connectivity index (χ1) is 9.16. The van der Waals surface area contributed by atoms with Gasteiger partial charge in [-0.3, -0.25) is 4.79 Å². The van der Waals surface area contributed by atoms with Crippen LogP contribution in [0.4, 0.5) is 5.69 Å². The van der Waals surface area contributed by atoms with Crippen LogP contribution in [0.15, 0.2) is 23.1 Å². The Morgan fingerprint density at radius 1 is 1.35 bits per heavy atom. The first kappa shape index (κ1) is 15.9. The molecule has 0 aliphatic heterocycles. The highest BCUT2D eigenvalue weighted by atomic mass is 32.2. The molecule has 0 unspecified atom stereocenters. The molecule has 5 N–H and O–H groups in total. The molecule has 1 aromatic rings. The van der Waals surface area contributed by atoms with E-state index in [1.807, 2.05) is 0 Å². The van der Waals surface area contributed by atoms with Crippen LogP contribution in [-0.2, 0) is 14.8 Å². The number of carbonyl (C=O) groups is 2. The summed E-state index contributed by atoms with van der Waals surface area (Å²) in [6.45, 7) is 1.87. The van der Waals surface area contributed by atoms with E-state index >= 15 is 0 Å². The van der Waals surface area contributed by atoms with Gasteiger partial charge in [0.15, 0.2) is 0 Å². The molecule has 9 heteroatoms. The van der Waals surface area contributed by atoms with Crippen LogP contribution >= 0.6 is 0 Å². The first-order valence-corrected chi connectivity index (χ1v) is 7.14. The number of nitrogens with zero attached hydrogens (tertiary/aromatic N) is 1. The second kappa shape index (κ2) is 5.88. The SMILES string of the molecule is CCN(CC(N)=O)c1ccc(S(N)(=O)=O)cc1C(=O)O. The number of amides is 1. The van der Waals surface area contributed by atoms with Crippen LogP contribution in [0, 0.1) is 0 Å². The van der Waals surface area contributed by atoms with Crippen molar-refractivity contribution in [1.29, 1.82) is 0 Å². The van der Waals surface area contributed by atoms with Gasteiger partial charge in [-0.05, 0) is 25.1 Å². The Hall–Kier alpha value is -2.13. The Kier molecular flexibility index (Phi) is 4.69. The Bertz CT molecular complexity index is 641. The summed E-state index contributed by atoms with van der Waals surface area (Å²) in [6.07, 6.45) is 0. The zero-order valence-corrected chi connectivity index (χ0v) is 11.6. The first-order valence-electron chi connectivity index (χ1n) is 5.60. The Balaban J connectivity index is 3.40. The summed E-state index contributed by atoms with van der Waals surface area (Å²) >= 11 is 0. The molecule has 0 aliphatic rings. The number of primary sulfonamides is 1. The zero-order chi connectivity index (χ0) is 15.5. The average Bonchev–Trinajstić information content (AvgIpc) is 2.33. The van der Waals surface area contributed by atoms with Crippen molar-refractivity contribution < 1.29 is 23.1 Å². The van der Waals surface area contributed by atoms with E-state index < -0.39 is 21.9 Å². The number of carboxylic acids is 1. The lowest BCUT2D eigenvalue weighted by Crippen LogP contribution is -2.34. The van der Waals surface area contributed by atoms with Crippen LogP contribution in [0.5, 0.6) is 0 Å². The van der Waals surface area contributed by atoms with Crippen LogP contribution in [-0.4, -0.2) is 38.5 Å². The highest BCUT2D eigenvalue weighted by Gasteiger charge is 2.19. The van der Waals surface area contributed by atoms with Crippen molar-refractivity contribution in [1.82, 2.24) is 0 Å². The number of carboxylic acid groups (broad SMARTS) is 1. The monoisotopic (exact) mass is 301 g/mol. The number of likely N-dealkylation sites (N-methyl/N-ethyl adjacent to an activating group) is 1. The fourth-order valence-corrected chi connectivity index (χ4v) is 2.23. The smallest absolute Gasteiger partial charge is 0.337 e. The maximum Gasteiger partial charge on any atom is 0.337 e. The number of hydrogen-bond acceptors (Lipinski definition) is 5. The molecule has 0 saturated heterocycles. The number of rotatable bonds is 6. The van der Waals surface area contributed by atoms with Gasteiger partial charge in [-0.15, -0.1) is 0 Å². The molecule has 20 heavy (non-hydrogen) atoms. The van der Waals surface area contributed by atoms with Crippen LogP contribution in [0.25, 0.3) is 0 Å². The topological polar surface area (TPSA) is 144 Å². The second-order valence-corrected chi connectivity index (χ2v) is 5.57. The quantitative estimate of drug-likeness (QED) is 0.636. The van der Waals surface area contributed by atoms with Crippen molar-refractivity contribution in [3.05, 3.63) is 23.8 Å². The number of benzene rings is 1. The summed E-state index contributed by atoms with van der Waals surface area (Å²) in [7, 11) is -4.00. The maximum absolute atomic E-state index is 11.2. The molecule has 0 bridgehead atoms. The standard InChI is InChI=1S/C11H15N3O5S/c1-2-14(6-10(12)15)9-4-3-7(20(13,18)19)5-8(9)11(16)17/h3-5H,2,6H2,1H3,(H2,12,15)(H,16,17)(H2,13,18,19). The van der Waals surface area contributed by atoms with Crippen LogP contribution in [0.1, 0.15) is 17.3 Å². The molecule has 8 nitrogen and oxygen atoms in total.